The number of amides is 2. The summed E-state index contributed by atoms with van der Waals surface area (Å²) in [5.41, 5.74) is 2.18. The first kappa shape index (κ1) is 18.6. The summed E-state index contributed by atoms with van der Waals surface area (Å²) in [5, 5.41) is 6.76. The van der Waals surface area contributed by atoms with Crippen molar-refractivity contribution in [3.05, 3.63) is 71.3 Å². The number of oxime groups is 1. The van der Waals surface area contributed by atoms with Crippen LogP contribution in [0.5, 0.6) is 0 Å². The number of hydrogen-bond donors (Lipinski definition) is 1. The van der Waals surface area contributed by atoms with Gasteiger partial charge in [-0.05, 0) is 42.7 Å². The summed E-state index contributed by atoms with van der Waals surface area (Å²) < 4.78 is 0. The third-order valence-corrected chi connectivity index (χ3v) is 4.62. The van der Waals surface area contributed by atoms with E-state index in [0.29, 0.717) is 24.2 Å². The van der Waals surface area contributed by atoms with Crippen LogP contribution in [0.25, 0.3) is 0 Å². The van der Waals surface area contributed by atoms with Gasteiger partial charge in [-0.3, -0.25) is 9.59 Å². The van der Waals surface area contributed by atoms with E-state index in [9.17, 15) is 9.59 Å². The maximum atomic E-state index is 12.7. The number of rotatable bonds is 5. The molecule has 1 heterocycles. The van der Waals surface area contributed by atoms with Gasteiger partial charge in [0.1, 0.15) is 7.11 Å². The highest BCUT2D eigenvalue weighted by Gasteiger charge is 2.24. The Bertz CT molecular complexity index is 795. The van der Waals surface area contributed by atoms with Gasteiger partial charge in [0.25, 0.3) is 11.8 Å². The number of likely N-dealkylation sites (tertiary alicyclic amines) is 1. The van der Waals surface area contributed by atoms with Gasteiger partial charge in [0.2, 0.25) is 0 Å². The monoisotopic (exact) mass is 365 g/mol. The number of carbonyl (C=O) groups is 2. The van der Waals surface area contributed by atoms with Crippen molar-refractivity contribution in [1.29, 1.82) is 0 Å². The largest absolute Gasteiger partial charge is 0.399 e. The van der Waals surface area contributed by atoms with Gasteiger partial charge >= 0.3 is 0 Å². The predicted octanol–water partition coefficient (Wildman–Crippen LogP) is 2.70. The van der Waals surface area contributed by atoms with Crippen molar-refractivity contribution in [2.45, 2.75) is 18.9 Å². The molecule has 0 unspecified atom stereocenters. The Hall–Kier alpha value is -3.15. The van der Waals surface area contributed by atoms with Crippen molar-refractivity contribution < 1.29 is 14.4 Å². The molecule has 0 atom stereocenters. The molecule has 140 valence electrons. The Morgan fingerprint density at radius 2 is 1.70 bits per heavy atom. The molecule has 6 nitrogen and oxygen atoms in total. The minimum Gasteiger partial charge on any atom is -0.399 e. The lowest BCUT2D eigenvalue weighted by Crippen LogP contribution is -2.46. The summed E-state index contributed by atoms with van der Waals surface area (Å²) in [6.07, 6.45) is 3.10. The molecule has 2 aromatic rings. The Morgan fingerprint density at radius 1 is 1.04 bits per heavy atom. The average molecular weight is 365 g/mol. The standard InChI is InChI=1S/C21H23N3O3/c1-27-22-15-16-7-9-18(10-8-16)21(26)24-13-11-19(12-14-24)23-20(25)17-5-3-2-4-6-17/h2-10,15,19H,11-14H2,1H3,(H,23,25)/b22-15+. The van der Waals surface area contributed by atoms with Crippen LogP contribution in [-0.4, -0.2) is 49.2 Å². The Morgan fingerprint density at radius 3 is 2.33 bits per heavy atom. The minimum atomic E-state index is -0.0614. The number of nitrogens with zero attached hydrogens (tertiary/aromatic N) is 2. The summed E-state index contributed by atoms with van der Waals surface area (Å²) in [6, 6.07) is 16.5. The van der Waals surface area contributed by atoms with Crippen LogP contribution in [0.1, 0.15) is 39.1 Å². The molecule has 0 spiro atoms. The van der Waals surface area contributed by atoms with Crippen LogP contribution in [0.4, 0.5) is 0 Å². The highest BCUT2D eigenvalue weighted by molar-refractivity contribution is 5.95. The van der Waals surface area contributed by atoms with E-state index in [1.54, 1.807) is 30.5 Å². The molecule has 0 bridgehead atoms. The van der Waals surface area contributed by atoms with Gasteiger partial charge in [0.15, 0.2) is 0 Å². The van der Waals surface area contributed by atoms with Gasteiger partial charge in [-0.25, -0.2) is 0 Å². The van der Waals surface area contributed by atoms with E-state index >= 15 is 0 Å². The summed E-state index contributed by atoms with van der Waals surface area (Å²) >= 11 is 0. The maximum Gasteiger partial charge on any atom is 0.253 e. The lowest BCUT2D eigenvalue weighted by atomic mass is 10.0. The Balaban J connectivity index is 1.52. The summed E-state index contributed by atoms with van der Waals surface area (Å²) in [7, 11) is 1.49. The van der Waals surface area contributed by atoms with Crippen LogP contribution in [0.3, 0.4) is 0 Å². The van der Waals surface area contributed by atoms with Gasteiger partial charge in [0.05, 0.1) is 6.21 Å². The first-order valence-corrected chi connectivity index (χ1v) is 8.99. The zero-order valence-electron chi connectivity index (χ0n) is 15.3. The van der Waals surface area contributed by atoms with Gasteiger partial charge < -0.3 is 15.1 Å². The summed E-state index contributed by atoms with van der Waals surface area (Å²) in [6.45, 7) is 1.26. The highest BCUT2D eigenvalue weighted by Crippen LogP contribution is 2.15. The molecule has 0 saturated carbocycles. The SMILES string of the molecule is CO/N=C/c1ccc(C(=O)N2CCC(NC(=O)c3ccccc3)CC2)cc1. The molecular weight excluding hydrogens is 342 g/mol. The van der Waals surface area contributed by atoms with Crippen LogP contribution < -0.4 is 5.32 Å². The molecule has 0 aromatic heterocycles. The van der Waals surface area contributed by atoms with E-state index in [0.717, 1.165) is 18.4 Å². The quantitative estimate of drug-likeness (QED) is 0.654. The fourth-order valence-corrected chi connectivity index (χ4v) is 3.09. The molecule has 1 aliphatic rings. The number of hydrogen-bond acceptors (Lipinski definition) is 4. The first-order valence-electron chi connectivity index (χ1n) is 8.99. The second kappa shape index (κ2) is 8.98. The van der Waals surface area contributed by atoms with E-state index in [4.69, 9.17) is 0 Å². The molecular formula is C21H23N3O3. The van der Waals surface area contributed by atoms with Crippen molar-refractivity contribution in [2.24, 2.45) is 5.16 Å². The third kappa shape index (κ3) is 4.94. The molecule has 2 amide bonds. The normalized spacial score (nSPS) is 14.9. The van der Waals surface area contributed by atoms with E-state index in [1.165, 1.54) is 7.11 Å². The molecule has 0 aliphatic carbocycles. The maximum absolute atomic E-state index is 12.7. The van der Waals surface area contributed by atoms with Crippen LogP contribution >= 0.6 is 0 Å². The van der Waals surface area contributed by atoms with Gasteiger partial charge in [-0.1, -0.05) is 35.5 Å². The van der Waals surface area contributed by atoms with Gasteiger partial charge in [-0.2, -0.15) is 0 Å². The van der Waals surface area contributed by atoms with E-state index < -0.39 is 0 Å². The number of carbonyl (C=O) groups excluding carboxylic acids is 2. The summed E-state index contributed by atoms with van der Waals surface area (Å²) in [4.78, 5) is 31.4. The molecule has 1 saturated heterocycles. The number of nitrogens with one attached hydrogen (secondary N) is 1. The zero-order chi connectivity index (χ0) is 19.1. The molecule has 1 N–H and O–H groups in total. The zero-order valence-corrected chi connectivity index (χ0v) is 15.3. The van der Waals surface area contributed by atoms with Crippen molar-refractivity contribution in [3.8, 4) is 0 Å². The molecule has 0 radical (unpaired) electrons. The van der Waals surface area contributed by atoms with Crippen molar-refractivity contribution in [3.63, 3.8) is 0 Å². The minimum absolute atomic E-state index is 0.0121. The van der Waals surface area contributed by atoms with Crippen LogP contribution in [-0.2, 0) is 4.84 Å². The third-order valence-electron chi connectivity index (χ3n) is 4.62. The first-order chi connectivity index (χ1) is 13.2. The molecule has 1 aliphatic heterocycles. The summed E-state index contributed by atoms with van der Waals surface area (Å²) in [5.74, 6) is -0.0493. The predicted molar refractivity (Wildman–Crippen MR) is 104 cm³/mol. The van der Waals surface area contributed by atoms with Gasteiger partial charge in [0, 0.05) is 30.3 Å². The smallest absolute Gasteiger partial charge is 0.253 e. The molecule has 1 fully saturated rings. The fraction of sp³-hybridized carbons (Fsp3) is 0.286. The molecule has 2 aromatic carbocycles. The van der Waals surface area contributed by atoms with Crippen molar-refractivity contribution in [1.82, 2.24) is 10.2 Å². The van der Waals surface area contributed by atoms with Crippen LogP contribution in [0.2, 0.25) is 0 Å². The van der Waals surface area contributed by atoms with Crippen molar-refractivity contribution >= 4 is 18.0 Å². The average Bonchev–Trinajstić information content (AvgIpc) is 2.73. The Kier molecular flexibility index (Phi) is 6.20. The molecule has 27 heavy (non-hydrogen) atoms. The molecule has 3 rings (SSSR count). The van der Waals surface area contributed by atoms with Crippen LogP contribution in [0, 0.1) is 0 Å². The highest BCUT2D eigenvalue weighted by atomic mass is 16.6. The van der Waals surface area contributed by atoms with E-state index in [1.807, 2.05) is 35.2 Å². The Labute approximate surface area is 158 Å². The molecule has 6 heteroatoms. The van der Waals surface area contributed by atoms with Crippen molar-refractivity contribution in [2.75, 3.05) is 20.2 Å². The topological polar surface area (TPSA) is 71.0 Å². The van der Waals surface area contributed by atoms with Crippen LogP contribution in [0.15, 0.2) is 59.8 Å². The number of piperidine rings is 1. The number of benzene rings is 2. The van der Waals surface area contributed by atoms with Gasteiger partial charge in [-0.15, -0.1) is 0 Å². The lowest BCUT2D eigenvalue weighted by Gasteiger charge is -2.32. The lowest BCUT2D eigenvalue weighted by molar-refractivity contribution is 0.0698. The second-order valence-corrected chi connectivity index (χ2v) is 6.45. The second-order valence-electron chi connectivity index (χ2n) is 6.45. The van der Waals surface area contributed by atoms with E-state index in [-0.39, 0.29) is 17.9 Å². The fourth-order valence-electron chi connectivity index (χ4n) is 3.09. The van der Waals surface area contributed by atoms with E-state index in [2.05, 4.69) is 15.3 Å².